The van der Waals surface area contributed by atoms with Gasteiger partial charge in [0.25, 0.3) is 0 Å². The van der Waals surface area contributed by atoms with Crippen LogP contribution in [0.1, 0.15) is 62.9 Å². The van der Waals surface area contributed by atoms with Crippen molar-refractivity contribution in [2.24, 2.45) is 5.92 Å². The lowest BCUT2D eigenvalue weighted by atomic mass is 10.0. The Hall–Kier alpha value is -1.29. The molecule has 0 aliphatic rings. The third kappa shape index (κ3) is 4.10. The maximum absolute atomic E-state index is 11.4. The monoisotopic (exact) mass is 281 g/mol. The van der Waals surface area contributed by atoms with E-state index < -0.39 is 5.97 Å². The van der Waals surface area contributed by atoms with Crippen molar-refractivity contribution in [2.45, 2.75) is 46.6 Å². The van der Waals surface area contributed by atoms with Crippen LogP contribution in [0.3, 0.4) is 0 Å². The fourth-order valence-electron chi connectivity index (χ4n) is 2.41. The van der Waals surface area contributed by atoms with Crippen molar-refractivity contribution in [3.63, 3.8) is 0 Å². The van der Waals surface area contributed by atoms with Crippen molar-refractivity contribution in [3.8, 4) is 0 Å². The van der Waals surface area contributed by atoms with Crippen LogP contribution in [-0.2, 0) is 4.74 Å². The van der Waals surface area contributed by atoms with Crippen molar-refractivity contribution >= 4 is 5.97 Å². The predicted molar refractivity (Wildman–Crippen MR) is 79.8 cm³/mol. The smallest absolute Gasteiger partial charge is 0.373 e. The molecule has 1 heterocycles. The van der Waals surface area contributed by atoms with Gasteiger partial charge in [0.05, 0.1) is 13.2 Å². The van der Waals surface area contributed by atoms with Crippen molar-refractivity contribution in [3.05, 3.63) is 23.7 Å². The van der Waals surface area contributed by atoms with Gasteiger partial charge in [-0.2, -0.15) is 0 Å². The summed E-state index contributed by atoms with van der Waals surface area (Å²) < 4.78 is 10.3. The molecule has 1 aromatic rings. The first kappa shape index (κ1) is 16.8. The number of hydrogen-bond acceptors (Lipinski definition) is 4. The molecule has 0 spiro atoms. The summed E-state index contributed by atoms with van der Waals surface area (Å²) >= 11 is 0. The lowest BCUT2D eigenvalue weighted by Crippen LogP contribution is -2.31. The van der Waals surface area contributed by atoms with E-state index in [9.17, 15) is 4.79 Å². The number of esters is 1. The van der Waals surface area contributed by atoms with Gasteiger partial charge in [-0.1, -0.05) is 33.6 Å². The minimum Gasteiger partial charge on any atom is -0.463 e. The zero-order chi connectivity index (χ0) is 15.1. The summed E-state index contributed by atoms with van der Waals surface area (Å²) in [5, 5.41) is 0. The molecule has 0 N–H and O–H groups in total. The minimum absolute atomic E-state index is 0.166. The Morgan fingerprint density at radius 3 is 2.45 bits per heavy atom. The highest BCUT2D eigenvalue weighted by Crippen LogP contribution is 2.24. The summed E-state index contributed by atoms with van der Waals surface area (Å²) in [5.41, 5.74) is 0. The average molecular weight is 281 g/mol. The van der Waals surface area contributed by atoms with Crippen LogP contribution in [0, 0.1) is 5.92 Å². The molecule has 0 aliphatic carbocycles. The van der Waals surface area contributed by atoms with E-state index in [1.807, 2.05) is 6.07 Å². The van der Waals surface area contributed by atoms with Gasteiger partial charge in [-0.15, -0.1) is 0 Å². The van der Waals surface area contributed by atoms with Gasteiger partial charge in [0.1, 0.15) is 5.76 Å². The highest BCUT2D eigenvalue weighted by Gasteiger charge is 2.21. The lowest BCUT2D eigenvalue weighted by molar-refractivity contribution is 0.0558. The second-order valence-electron chi connectivity index (χ2n) is 5.14. The SMILES string of the molecule is CCC(CC)CN(CC)C(C)c1ccc(C(=O)OC)o1. The van der Waals surface area contributed by atoms with Crippen LogP contribution in [0.2, 0.25) is 0 Å². The topological polar surface area (TPSA) is 42.7 Å². The van der Waals surface area contributed by atoms with Crippen LogP contribution in [-0.4, -0.2) is 31.1 Å². The molecule has 1 unspecified atom stereocenters. The maximum Gasteiger partial charge on any atom is 0.373 e. The van der Waals surface area contributed by atoms with E-state index in [1.165, 1.54) is 20.0 Å². The number of rotatable bonds is 8. The molecule has 0 fully saturated rings. The van der Waals surface area contributed by atoms with Crippen LogP contribution >= 0.6 is 0 Å². The predicted octanol–water partition coefficient (Wildman–Crippen LogP) is 3.89. The van der Waals surface area contributed by atoms with Gasteiger partial charge in [0, 0.05) is 6.54 Å². The Kier molecular flexibility index (Phi) is 6.79. The lowest BCUT2D eigenvalue weighted by Gasteiger charge is -2.29. The first-order valence-electron chi connectivity index (χ1n) is 7.49. The normalized spacial score (nSPS) is 12.9. The van der Waals surface area contributed by atoms with Gasteiger partial charge in [-0.05, 0) is 31.5 Å². The van der Waals surface area contributed by atoms with Gasteiger partial charge >= 0.3 is 5.97 Å². The number of hydrogen-bond donors (Lipinski definition) is 0. The van der Waals surface area contributed by atoms with E-state index >= 15 is 0 Å². The first-order chi connectivity index (χ1) is 9.57. The molecule has 1 atom stereocenters. The fourth-order valence-corrected chi connectivity index (χ4v) is 2.41. The summed E-state index contributed by atoms with van der Waals surface area (Å²) in [6, 6.07) is 3.72. The van der Waals surface area contributed by atoms with E-state index in [-0.39, 0.29) is 11.8 Å². The Bertz CT molecular complexity index is 410. The number of ether oxygens (including phenoxy) is 1. The molecule has 4 heteroatoms. The molecule has 0 aliphatic heterocycles. The Balaban J connectivity index is 2.77. The van der Waals surface area contributed by atoms with Crippen LogP contribution in [0.25, 0.3) is 0 Å². The molecule has 0 amide bonds. The quantitative estimate of drug-likeness (QED) is 0.678. The summed E-state index contributed by atoms with van der Waals surface area (Å²) in [6.45, 7) is 10.8. The van der Waals surface area contributed by atoms with Crippen LogP contribution in [0.5, 0.6) is 0 Å². The molecule has 1 aromatic heterocycles. The van der Waals surface area contributed by atoms with Crippen molar-refractivity contribution in [1.82, 2.24) is 4.90 Å². The summed E-state index contributed by atoms with van der Waals surface area (Å²) in [6.07, 6.45) is 2.37. The highest BCUT2D eigenvalue weighted by molar-refractivity contribution is 5.86. The van der Waals surface area contributed by atoms with Gasteiger partial charge in [0.2, 0.25) is 5.76 Å². The fraction of sp³-hybridized carbons (Fsp3) is 0.688. The Morgan fingerprint density at radius 2 is 1.95 bits per heavy atom. The minimum atomic E-state index is -0.425. The van der Waals surface area contributed by atoms with E-state index in [2.05, 4.69) is 37.3 Å². The summed E-state index contributed by atoms with van der Waals surface area (Å²) in [5.74, 6) is 1.37. The first-order valence-corrected chi connectivity index (χ1v) is 7.49. The Labute approximate surface area is 122 Å². The number of carbonyl (C=O) groups is 1. The number of methoxy groups -OCH3 is 1. The molecule has 0 saturated carbocycles. The third-order valence-corrected chi connectivity index (χ3v) is 4.03. The number of carbonyl (C=O) groups excluding carboxylic acids is 1. The molecular formula is C16H27NO3. The van der Waals surface area contributed by atoms with E-state index in [1.54, 1.807) is 6.07 Å². The van der Waals surface area contributed by atoms with Crippen molar-refractivity contribution in [2.75, 3.05) is 20.2 Å². The molecule has 0 saturated heterocycles. The Morgan fingerprint density at radius 1 is 1.30 bits per heavy atom. The van der Waals surface area contributed by atoms with Gasteiger partial charge in [0.15, 0.2) is 0 Å². The summed E-state index contributed by atoms with van der Waals surface area (Å²) in [4.78, 5) is 13.8. The highest BCUT2D eigenvalue weighted by atomic mass is 16.5. The number of nitrogens with zero attached hydrogens (tertiary/aromatic N) is 1. The standard InChI is InChI=1S/C16H27NO3/c1-6-13(7-2)11-17(8-3)12(4)14-9-10-15(20-14)16(18)19-5/h9-10,12-13H,6-8,11H2,1-5H3. The molecule has 20 heavy (non-hydrogen) atoms. The largest absolute Gasteiger partial charge is 0.463 e. The third-order valence-electron chi connectivity index (χ3n) is 4.03. The second kappa shape index (κ2) is 8.10. The van der Waals surface area contributed by atoms with Crippen LogP contribution in [0.4, 0.5) is 0 Å². The molecule has 0 bridgehead atoms. The second-order valence-corrected chi connectivity index (χ2v) is 5.14. The van der Waals surface area contributed by atoms with E-state index in [0.29, 0.717) is 5.92 Å². The molecule has 1 rings (SSSR count). The zero-order valence-corrected chi connectivity index (χ0v) is 13.3. The van der Waals surface area contributed by atoms with Gasteiger partial charge in [-0.25, -0.2) is 4.79 Å². The molecule has 114 valence electrons. The van der Waals surface area contributed by atoms with Crippen LogP contribution in [0.15, 0.2) is 16.5 Å². The molecule has 0 radical (unpaired) electrons. The zero-order valence-electron chi connectivity index (χ0n) is 13.3. The van der Waals surface area contributed by atoms with Gasteiger partial charge in [-0.3, -0.25) is 4.90 Å². The molecular weight excluding hydrogens is 254 g/mol. The van der Waals surface area contributed by atoms with Crippen molar-refractivity contribution < 1.29 is 13.9 Å². The van der Waals surface area contributed by atoms with E-state index in [0.717, 1.165) is 18.8 Å². The van der Waals surface area contributed by atoms with Crippen molar-refractivity contribution in [1.29, 1.82) is 0 Å². The average Bonchev–Trinajstić information content (AvgIpc) is 2.97. The summed E-state index contributed by atoms with van der Waals surface area (Å²) in [7, 11) is 1.36. The van der Waals surface area contributed by atoms with Gasteiger partial charge < -0.3 is 9.15 Å². The maximum atomic E-state index is 11.4. The number of furan rings is 1. The van der Waals surface area contributed by atoms with E-state index in [4.69, 9.17) is 4.42 Å². The van der Waals surface area contributed by atoms with Crippen LogP contribution < -0.4 is 0 Å². The molecule has 4 nitrogen and oxygen atoms in total. The molecule has 0 aromatic carbocycles.